The summed E-state index contributed by atoms with van der Waals surface area (Å²) in [5.74, 6) is 0. The van der Waals surface area contributed by atoms with E-state index in [1.54, 1.807) is 0 Å². The Balaban J connectivity index is 2.85. The van der Waals surface area contributed by atoms with Gasteiger partial charge >= 0.3 is 0 Å². The van der Waals surface area contributed by atoms with Crippen LogP contribution in [0.4, 0.5) is 0 Å². The molecule has 0 heterocycles. The maximum Gasteiger partial charge on any atom is -0.0204 e. The number of hydrogen-bond acceptors (Lipinski definition) is 0. The minimum atomic E-state index is 1.31. The molecule has 9 heavy (non-hydrogen) atoms. The van der Waals surface area contributed by atoms with Crippen molar-refractivity contribution in [3.63, 3.8) is 0 Å². The third-order valence-corrected chi connectivity index (χ3v) is 1.63. The van der Waals surface area contributed by atoms with Gasteiger partial charge in [0.15, 0.2) is 0 Å². The molecule has 0 bridgehead atoms. The van der Waals surface area contributed by atoms with Crippen molar-refractivity contribution in [2.24, 2.45) is 0 Å². The fraction of sp³-hybridized carbons (Fsp3) is 0.125. The molecule has 0 atom stereocenters. The van der Waals surface area contributed by atoms with E-state index in [0.29, 0.717) is 0 Å². The summed E-state index contributed by atoms with van der Waals surface area (Å²) in [6, 6.07) is 10.4. The quantitative estimate of drug-likeness (QED) is 0.445. The van der Waals surface area contributed by atoms with Gasteiger partial charge in [0.05, 0.1) is 0 Å². The fourth-order valence-corrected chi connectivity index (χ4v) is 1.16. The Morgan fingerprint density at radius 2 is 1.89 bits per heavy atom. The van der Waals surface area contributed by atoms with E-state index < -0.39 is 0 Å². The zero-order chi connectivity index (χ0) is 6.53. The normalized spacial score (nSPS) is 11.2. The average Bonchev–Trinajstić information content (AvgIpc) is 1.91. The van der Waals surface area contributed by atoms with E-state index in [-0.39, 0.29) is 0 Å². The lowest BCUT2D eigenvalue weighted by Crippen LogP contribution is -1.73. The van der Waals surface area contributed by atoms with Crippen LogP contribution >= 0.6 is 11.4 Å². The van der Waals surface area contributed by atoms with Gasteiger partial charge in [-0.1, -0.05) is 30.3 Å². The molecule has 0 saturated heterocycles. The zero-order valence-electron chi connectivity index (χ0n) is 5.41. The number of hydrogen-bond donors (Lipinski definition) is 1. The Morgan fingerprint density at radius 1 is 1.22 bits per heavy atom. The van der Waals surface area contributed by atoms with Crippen LogP contribution < -0.4 is 0 Å². The monoisotopic (exact) mass is 138 g/mol. The summed E-state index contributed by atoms with van der Waals surface area (Å²) in [5, 5.41) is 2.18. The molecule has 0 amide bonds. The second-order valence-corrected chi connectivity index (χ2v) is 2.57. The Kier molecular flexibility index (Phi) is 2.52. The Labute approximate surface area is 59.5 Å². The smallest absolute Gasteiger partial charge is 0.0204 e. The Hall–Kier alpha value is -0.560. The lowest BCUT2D eigenvalue weighted by Gasteiger charge is -1.87. The molecule has 48 valence electrons. The van der Waals surface area contributed by atoms with Crippen LogP contribution in [0, 0.1) is 0 Å². The van der Waals surface area contributed by atoms with E-state index in [4.69, 9.17) is 0 Å². The topological polar surface area (TPSA) is 0 Å². The summed E-state index contributed by atoms with van der Waals surface area (Å²) in [6.45, 7) is 0. The summed E-state index contributed by atoms with van der Waals surface area (Å²) in [4.78, 5) is 0. The SMILES string of the molecule is C[SH]=Cc1ccccc1. The van der Waals surface area contributed by atoms with Crippen LogP contribution in [-0.2, 0) is 0 Å². The second kappa shape index (κ2) is 3.46. The summed E-state index contributed by atoms with van der Waals surface area (Å²) in [6.07, 6.45) is 2.12. The predicted octanol–water partition coefficient (Wildman–Crippen LogP) is 1.93. The molecule has 0 radical (unpaired) electrons. The van der Waals surface area contributed by atoms with Gasteiger partial charge in [-0.05, 0) is 17.2 Å². The van der Waals surface area contributed by atoms with Crippen molar-refractivity contribution in [3.8, 4) is 0 Å². The highest BCUT2D eigenvalue weighted by molar-refractivity contribution is 7.97. The largest absolute Gasteiger partial charge is 0.203 e. The minimum Gasteiger partial charge on any atom is -0.203 e. The lowest BCUT2D eigenvalue weighted by molar-refractivity contribution is 1.69. The van der Waals surface area contributed by atoms with Gasteiger partial charge in [-0.15, -0.1) is 0 Å². The third kappa shape index (κ3) is 2.02. The molecule has 0 aromatic heterocycles. The summed E-state index contributed by atoms with van der Waals surface area (Å²) in [7, 11) is 0. The first-order chi connectivity index (χ1) is 4.43. The van der Waals surface area contributed by atoms with Crippen molar-refractivity contribution in [2.45, 2.75) is 0 Å². The van der Waals surface area contributed by atoms with Crippen molar-refractivity contribution in [3.05, 3.63) is 35.9 Å². The number of rotatable bonds is 1. The standard InChI is InChI=1S/C8H10S/c1-9-7-8-5-3-2-4-6-8/h2-7,9H,1H3. The molecular weight excluding hydrogens is 128 g/mol. The minimum absolute atomic E-state index is 1.31. The summed E-state index contributed by atoms with van der Waals surface area (Å²) in [5.41, 5.74) is 1.31. The highest BCUT2D eigenvalue weighted by Gasteiger charge is 1.77. The molecule has 0 aliphatic carbocycles. The van der Waals surface area contributed by atoms with Crippen LogP contribution in [0.2, 0.25) is 0 Å². The fourth-order valence-electron chi connectivity index (χ4n) is 0.688. The number of benzene rings is 1. The molecule has 1 heteroatoms. The summed E-state index contributed by atoms with van der Waals surface area (Å²) < 4.78 is 0. The van der Waals surface area contributed by atoms with E-state index in [1.807, 2.05) is 6.07 Å². The van der Waals surface area contributed by atoms with Crippen LogP contribution in [-0.4, -0.2) is 11.6 Å². The van der Waals surface area contributed by atoms with Crippen LogP contribution in [0.3, 0.4) is 0 Å². The van der Waals surface area contributed by atoms with Crippen LogP contribution in [0.5, 0.6) is 0 Å². The van der Waals surface area contributed by atoms with Gasteiger partial charge in [0.25, 0.3) is 0 Å². The molecule has 0 N–H and O–H groups in total. The number of thiol groups is 1. The second-order valence-electron chi connectivity index (χ2n) is 1.80. The van der Waals surface area contributed by atoms with Crippen LogP contribution in [0.25, 0.3) is 0 Å². The first kappa shape index (κ1) is 6.56. The molecule has 1 rings (SSSR count). The van der Waals surface area contributed by atoms with Crippen molar-refractivity contribution in [1.29, 1.82) is 0 Å². The average molecular weight is 138 g/mol. The molecule has 0 aliphatic rings. The first-order valence-corrected chi connectivity index (χ1v) is 4.32. The van der Waals surface area contributed by atoms with Crippen molar-refractivity contribution >= 4 is 16.7 Å². The van der Waals surface area contributed by atoms with Crippen molar-refractivity contribution in [1.82, 2.24) is 0 Å². The lowest BCUT2D eigenvalue weighted by atomic mass is 10.2. The van der Waals surface area contributed by atoms with Gasteiger partial charge in [0.2, 0.25) is 0 Å². The third-order valence-electron chi connectivity index (χ3n) is 1.08. The zero-order valence-corrected chi connectivity index (χ0v) is 6.31. The molecule has 1 aromatic carbocycles. The molecule has 0 fully saturated rings. The Morgan fingerprint density at radius 3 is 2.44 bits per heavy atom. The molecular formula is C8H10S. The molecule has 0 saturated carbocycles. The maximum absolute atomic E-state index is 2.18. The molecule has 0 aliphatic heterocycles. The molecule has 0 nitrogen and oxygen atoms in total. The van der Waals surface area contributed by atoms with E-state index in [9.17, 15) is 0 Å². The van der Waals surface area contributed by atoms with Gasteiger partial charge in [0.1, 0.15) is 0 Å². The van der Waals surface area contributed by atoms with Crippen molar-refractivity contribution < 1.29 is 0 Å². The highest BCUT2D eigenvalue weighted by atomic mass is 32.1. The van der Waals surface area contributed by atoms with E-state index >= 15 is 0 Å². The van der Waals surface area contributed by atoms with E-state index in [0.717, 1.165) is 0 Å². The van der Waals surface area contributed by atoms with E-state index in [2.05, 4.69) is 35.9 Å². The van der Waals surface area contributed by atoms with E-state index in [1.165, 1.54) is 16.9 Å². The van der Waals surface area contributed by atoms with Gasteiger partial charge in [-0.25, -0.2) is 11.4 Å². The molecule has 0 spiro atoms. The Bertz CT molecular complexity index is 189. The summed E-state index contributed by atoms with van der Waals surface area (Å²) >= 11 is 1.32. The van der Waals surface area contributed by atoms with Gasteiger partial charge < -0.3 is 0 Å². The van der Waals surface area contributed by atoms with Crippen molar-refractivity contribution in [2.75, 3.05) is 6.26 Å². The predicted molar refractivity (Wildman–Crippen MR) is 46.5 cm³/mol. The highest BCUT2D eigenvalue weighted by Crippen LogP contribution is 1.94. The van der Waals surface area contributed by atoms with Gasteiger partial charge in [-0.2, -0.15) is 0 Å². The first-order valence-electron chi connectivity index (χ1n) is 2.90. The van der Waals surface area contributed by atoms with Gasteiger partial charge in [0, 0.05) is 0 Å². The molecule has 1 aromatic rings. The molecule has 0 unspecified atom stereocenters. The van der Waals surface area contributed by atoms with Crippen LogP contribution in [0.1, 0.15) is 5.56 Å². The van der Waals surface area contributed by atoms with Gasteiger partial charge in [-0.3, -0.25) is 0 Å². The van der Waals surface area contributed by atoms with Crippen LogP contribution in [0.15, 0.2) is 30.3 Å². The maximum atomic E-state index is 2.18.